The number of carbonyl (C=O) groups is 1. The second kappa shape index (κ2) is 3.41. The lowest BCUT2D eigenvalue weighted by atomic mass is 10.1. The van der Waals surface area contributed by atoms with Gasteiger partial charge in [0.2, 0.25) is 5.69 Å². The average molecular weight is 206 g/mol. The topological polar surface area (TPSA) is 95.0 Å². The highest BCUT2D eigenvalue weighted by atomic mass is 16.7. The number of nitrogens with two attached hydrogens (primary N) is 1. The molecule has 0 aliphatic carbocycles. The van der Waals surface area contributed by atoms with Gasteiger partial charge in [0, 0.05) is 5.56 Å². The Morgan fingerprint density at radius 3 is 2.60 bits per heavy atom. The van der Waals surface area contributed by atoms with Crippen LogP contribution in [-0.2, 0) is 0 Å². The SMILES string of the molecule is NC(=O)c1c(-c2ccccc2)[nH]o[n+]1=O. The summed E-state index contributed by atoms with van der Waals surface area (Å²) in [5.41, 5.74) is 5.76. The number of H-pyrrole nitrogens is 1. The summed E-state index contributed by atoms with van der Waals surface area (Å²) in [6.45, 7) is 0. The number of aromatic amines is 1. The minimum atomic E-state index is -0.839. The summed E-state index contributed by atoms with van der Waals surface area (Å²) in [5, 5.41) is 2.35. The maximum atomic E-state index is 11.1. The fourth-order valence-electron chi connectivity index (χ4n) is 1.29. The molecule has 6 nitrogen and oxygen atoms in total. The van der Waals surface area contributed by atoms with E-state index in [9.17, 15) is 9.70 Å². The van der Waals surface area contributed by atoms with Crippen molar-refractivity contribution in [1.29, 1.82) is 0 Å². The van der Waals surface area contributed by atoms with E-state index in [4.69, 9.17) is 5.73 Å². The van der Waals surface area contributed by atoms with Crippen LogP contribution in [0.4, 0.5) is 0 Å². The van der Waals surface area contributed by atoms with Gasteiger partial charge < -0.3 is 5.73 Å². The van der Waals surface area contributed by atoms with Crippen molar-refractivity contribution in [1.82, 2.24) is 5.16 Å². The van der Waals surface area contributed by atoms with Gasteiger partial charge in [0.05, 0.1) is 0 Å². The smallest absolute Gasteiger partial charge is 0.336 e. The Kier molecular flexibility index (Phi) is 2.09. The van der Waals surface area contributed by atoms with Crippen molar-refractivity contribution >= 4 is 5.91 Å². The third kappa shape index (κ3) is 1.52. The molecule has 15 heavy (non-hydrogen) atoms. The first-order valence-electron chi connectivity index (χ1n) is 4.20. The van der Waals surface area contributed by atoms with Gasteiger partial charge >= 0.3 is 11.6 Å². The lowest BCUT2D eigenvalue weighted by molar-refractivity contribution is -0.714. The maximum Gasteiger partial charge on any atom is 0.336 e. The summed E-state index contributed by atoms with van der Waals surface area (Å²) < 4.78 is 4.51. The Labute approximate surface area is 83.8 Å². The highest BCUT2D eigenvalue weighted by Crippen LogP contribution is 2.17. The summed E-state index contributed by atoms with van der Waals surface area (Å²) in [4.78, 5) is 22.1. The van der Waals surface area contributed by atoms with Gasteiger partial charge in [-0.05, 0) is 4.91 Å². The quantitative estimate of drug-likeness (QED) is 0.739. The second-order valence-electron chi connectivity index (χ2n) is 2.90. The first-order valence-corrected chi connectivity index (χ1v) is 4.20. The van der Waals surface area contributed by atoms with Gasteiger partial charge in [-0.2, -0.15) is 0 Å². The summed E-state index contributed by atoms with van der Waals surface area (Å²) in [6, 6.07) is 8.83. The van der Waals surface area contributed by atoms with Crippen molar-refractivity contribution in [2.75, 3.05) is 0 Å². The van der Waals surface area contributed by atoms with Crippen LogP contribution < -0.4 is 10.3 Å². The number of nitrogens with one attached hydrogen (secondary N) is 1. The molecule has 0 spiro atoms. The number of benzene rings is 1. The number of rotatable bonds is 2. The number of hydrogen-bond acceptors (Lipinski definition) is 3. The lowest BCUT2D eigenvalue weighted by Crippen LogP contribution is -2.26. The fourth-order valence-corrected chi connectivity index (χ4v) is 1.29. The number of nitrogens with zero attached hydrogens (tertiary/aromatic N) is 1. The van der Waals surface area contributed by atoms with Gasteiger partial charge in [0.25, 0.3) is 0 Å². The highest BCUT2D eigenvalue weighted by Gasteiger charge is 2.26. The zero-order valence-electron chi connectivity index (χ0n) is 7.64. The van der Waals surface area contributed by atoms with Crippen LogP contribution in [0.5, 0.6) is 0 Å². The molecule has 0 unspecified atom stereocenters. The highest BCUT2D eigenvalue weighted by molar-refractivity contribution is 5.95. The molecular formula is C9H8N3O3+. The molecule has 0 aliphatic heterocycles. The average Bonchev–Trinajstić information content (AvgIpc) is 2.61. The molecule has 1 amide bonds. The van der Waals surface area contributed by atoms with Crippen LogP contribution in [0.1, 0.15) is 10.5 Å². The molecule has 0 fully saturated rings. The number of aromatic nitrogens is 2. The van der Waals surface area contributed by atoms with Crippen LogP contribution in [0.3, 0.4) is 0 Å². The fraction of sp³-hybridized carbons (Fsp3) is 0. The molecule has 0 saturated carbocycles. The van der Waals surface area contributed by atoms with Crippen molar-refractivity contribution in [3.8, 4) is 11.3 Å². The standard InChI is InChI=1S/C9H7N3O3/c10-9(13)8-7(11-15-12(8)14)6-4-2-1-3-5-6/h1-5H,(H2-,10,11,13,14)/p+1. The molecule has 6 heteroatoms. The molecule has 0 radical (unpaired) electrons. The van der Waals surface area contributed by atoms with Gasteiger partial charge in [0.1, 0.15) is 0 Å². The van der Waals surface area contributed by atoms with Crippen molar-refractivity contribution in [3.63, 3.8) is 0 Å². The van der Waals surface area contributed by atoms with Crippen LogP contribution >= 0.6 is 0 Å². The summed E-state index contributed by atoms with van der Waals surface area (Å²) in [6.07, 6.45) is 0. The van der Waals surface area contributed by atoms with E-state index in [2.05, 4.69) is 9.79 Å². The zero-order chi connectivity index (χ0) is 10.8. The molecule has 0 bridgehead atoms. The maximum absolute atomic E-state index is 11.1. The third-order valence-corrected chi connectivity index (χ3v) is 1.95. The van der Waals surface area contributed by atoms with E-state index < -0.39 is 5.91 Å². The van der Waals surface area contributed by atoms with Crippen LogP contribution in [0.15, 0.2) is 35.0 Å². The molecule has 0 aliphatic rings. The van der Waals surface area contributed by atoms with E-state index in [-0.39, 0.29) is 16.0 Å². The summed E-state index contributed by atoms with van der Waals surface area (Å²) >= 11 is 0. The molecule has 2 rings (SSSR count). The Balaban J connectivity index is 2.65. The molecule has 0 saturated heterocycles. The molecule has 0 atom stereocenters. The number of carbonyl (C=O) groups excluding carboxylic acids is 1. The first kappa shape index (κ1) is 9.20. The lowest BCUT2D eigenvalue weighted by Gasteiger charge is -1.90. The van der Waals surface area contributed by atoms with Crippen molar-refractivity contribution in [2.45, 2.75) is 0 Å². The van der Waals surface area contributed by atoms with Gasteiger partial charge in [-0.3, -0.25) is 4.79 Å². The molecule has 2 aromatic rings. The van der Waals surface area contributed by atoms with Gasteiger partial charge in [-0.15, -0.1) is 0 Å². The van der Waals surface area contributed by atoms with Crippen LogP contribution in [0, 0.1) is 4.91 Å². The van der Waals surface area contributed by atoms with E-state index in [0.717, 1.165) is 0 Å². The molecule has 1 heterocycles. The normalized spacial score (nSPS) is 10.1. The number of primary amides is 1. The number of amides is 1. The molecular weight excluding hydrogens is 198 g/mol. The Hall–Kier alpha value is -2.37. The third-order valence-electron chi connectivity index (χ3n) is 1.95. The van der Waals surface area contributed by atoms with Crippen molar-refractivity contribution in [3.05, 3.63) is 40.9 Å². The minimum Gasteiger partial charge on any atom is -0.362 e. The first-order chi connectivity index (χ1) is 7.20. The minimum absolute atomic E-state index is 0.0602. The van der Waals surface area contributed by atoms with E-state index >= 15 is 0 Å². The summed E-state index contributed by atoms with van der Waals surface area (Å²) in [7, 11) is 0. The van der Waals surface area contributed by atoms with Gasteiger partial charge in [-0.25, -0.2) is 0 Å². The van der Waals surface area contributed by atoms with E-state index in [1.54, 1.807) is 24.3 Å². The van der Waals surface area contributed by atoms with Crippen LogP contribution in [0.25, 0.3) is 11.3 Å². The predicted molar refractivity (Wildman–Crippen MR) is 50.4 cm³/mol. The molecule has 3 N–H and O–H groups in total. The van der Waals surface area contributed by atoms with Gasteiger partial charge in [-0.1, -0.05) is 40.1 Å². The summed E-state index contributed by atoms with van der Waals surface area (Å²) in [5.74, 6) is -0.839. The molecule has 1 aromatic heterocycles. The molecule has 76 valence electrons. The molecule has 1 aromatic carbocycles. The van der Waals surface area contributed by atoms with Crippen molar-refractivity contribution < 1.29 is 14.0 Å². The van der Waals surface area contributed by atoms with E-state index in [1.807, 2.05) is 6.07 Å². The Morgan fingerprint density at radius 2 is 2.00 bits per heavy atom. The predicted octanol–water partition coefficient (Wildman–Crippen LogP) is 0.288. The second-order valence-corrected chi connectivity index (χ2v) is 2.90. The van der Waals surface area contributed by atoms with Crippen molar-refractivity contribution in [2.24, 2.45) is 5.73 Å². The zero-order valence-corrected chi connectivity index (χ0v) is 7.64. The van der Waals surface area contributed by atoms with Crippen LogP contribution in [0.2, 0.25) is 0 Å². The van der Waals surface area contributed by atoms with E-state index in [0.29, 0.717) is 5.56 Å². The van der Waals surface area contributed by atoms with Crippen LogP contribution in [-0.4, -0.2) is 11.1 Å². The largest absolute Gasteiger partial charge is 0.362 e. The van der Waals surface area contributed by atoms with Gasteiger partial charge in [0.15, 0.2) is 4.60 Å². The Bertz CT molecular complexity index is 541. The monoisotopic (exact) mass is 206 g/mol. The number of hydrogen-bond donors (Lipinski definition) is 2. The Morgan fingerprint density at radius 1 is 1.33 bits per heavy atom. The van der Waals surface area contributed by atoms with E-state index in [1.165, 1.54) is 0 Å².